The van der Waals surface area contributed by atoms with Crippen LogP contribution in [-0.4, -0.2) is 22.3 Å². The van der Waals surface area contributed by atoms with Crippen molar-refractivity contribution >= 4 is 22.8 Å². The smallest absolute Gasteiger partial charge is 0.166 e. The summed E-state index contributed by atoms with van der Waals surface area (Å²) in [6.07, 6.45) is 0. The molecule has 0 saturated carbocycles. The van der Waals surface area contributed by atoms with Gasteiger partial charge in [0.1, 0.15) is 5.75 Å². The maximum absolute atomic E-state index is 5.74. The lowest BCUT2D eigenvalue weighted by molar-refractivity contribution is 0.343. The van der Waals surface area contributed by atoms with E-state index in [0.717, 1.165) is 27.7 Å². The van der Waals surface area contributed by atoms with E-state index in [4.69, 9.17) is 4.74 Å². The SMILES string of the molecule is Cc1cccc(OCCSc2nc3ccc(C)cc3[nH]2)c1. The summed E-state index contributed by atoms with van der Waals surface area (Å²) in [5, 5.41) is 0.948. The Morgan fingerprint density at radius 2 is 1.95 bits per heavy atom. The quantitative estimate of drug-likeness (QED) is 0.562. The van der Waals surface area contributed by atoms with Crippen LogP contribution in [0.4, 0.5) is 0 Å². The van der Waals surface area contributed by atoms with Crippen LogP contribution >= 0.6 is 11.8 Å². The van der Waals surface area contributed by atoms with Gasteiger partial charge in [-0.25, -0.2) is 4.98 Å². The van der Waals surface area contributed by atoms with E-state index in [1.807, 2.05) is 12.1 Å². The standard InChI is InChI=1S/C17H18N2OS/c1-12-4-3-5-14(10-12)20-8-9-21-17-18-15-7-6-13(2)11-16(15)19-17/h3-7,10-11H,8-9H2,1-2H3,(H,18,19). The number of ether oxygens (including phenoxy) is 1. The molecule has 3 nitrogen and oxygen atoms in total. The zero-order valence-electron chi connectivity index (χ0n) is 12.2. The van der Waals surface area contributed by atoms with Gasteiger partial charge in [0.25, 0.3) is 0 Å². The van der Waals surface area contributed by atoms with Gasteiger partial charge < -0.3 is 9.72 Å². The van der Waals surface area contributed by atoms with Gasteiger partial charge in [0.15, 0.2) is 5.16 Å². The van der Waals surface area contributed by atoms with Crippen LogP contribution in [0.5, 0.6) is 5.75 Å². The fraction of sp³-hybridized carbons (Fsp3) is 0.235. The summed E-state index contributed by atoms with van der Waals surface area (Å²) >= 11 is 1.68. The predicted molar refractivity (Wildman–Crippen MR) is 88.2 cm³/mol. The molecule has 0 unspecified atom stereocenters. The van der Waals surface area contributed by atoms with E-state index in [-0.39, 0.29) is 0 Å². The third-order valence-corrected chi connectivity index (χ3v) is 4.03. The van der Waals surface area contributed by atoms with E-state index >= 15 is 0 Å². The normalized spacial score (nSPS) is 11.0. The molecule has 1 aromatic heterocycles. The Morgan fingerprint density at radius 3 is 2.81 bits per heavy atom. The summed E-state index contributed by atoms with van der Waals surface area (Å²) in [6.45, 7) is 4.82. The number of benzene rings is 2. The zero-order valence-corrected chi connectivity index (χ0v) is 13.0. The molecule has 3 aromatic rings. The van der Waals surface area contributed by atoms with Gasteiger partial charge in [-0.1, -0.05) is 30.0 Å². The highest BCUT2D eigenvalue weighted by molar-refractivity contribution is 7.99. The van der Waals surface area contributed by atoms with Crippen LogP contribution in [0, 0.1) is 13.8 Å². The first-order valence-electron chi connectivity index (χ1n) is 6.99. The lowest BCUT2D eigenvalue weighted by Gasteiger charge is -2.05. The van der Waals surface area contributed by atoms with Crippen molar-refractivity contribution in [1.82, 2.24) is 9.97 Å². The summed E-state index contributed by atoms with van der Waals surface area (Å²) in [6, 6.07) is 14.4. The second-order valence-electron chi connectivity index (χ2n) is 5.08. The van der Waals surface area contributed by atoms with Gasteiger partial charge in [-0.2, -0.15) is 0 Å². The second-order valence-corrected chi connectivity index (χ2v) is 6.16. The summed E-state index contributed by atoms with van der Waals surface area (Å²) in [5.41, 5.74) is 4.57. The number of rotatable bonds is 5. The molecule has 3 rings (SSSR count). The second kappa shape index (κ2) is 6.22. The molecule has 1 heterocycles. The number of nitrogens with one attached hydrogen (secondary N) is 1. The van der Waals surface area contributed by atoms with Crippen molar-refractivity contribution < 1.29 is 4.74 Å². The first-order chi connectivity index (χ1) is 10.2. The maximum atomic E-state index is 5.74. The van der Waals surface area contributed by atoms with Crippen LogP contribution in [0.3, 0.4) is 0 Å². The molecule has 0 bridgehead atoms. The molecule has 0 saturated heterocycles. The molecule has 21 heavy (non-hydrogen) atoms. The first kappa shape index (κ1) is 14.0. The van der Waals surface area contributed by atoms with Gasteiger partial charge in [0.2, 0.25) is 0 Å². The Morgan fingerprint density at radius 1 is 1.10 bits per heavy atom. The van der Waals surface area contributed by atoms with E-state index in [2.05, 4.69) is 54.1 Å². The molecular weight excluding hydrogens is 280 g/mol. The molecule has 0 spiro atoms. The molecule has 2 aromatic carbocycles. The van der Waals surface area contributed by atoms with Crippen LogP contribution in [0.25, 0.3) is 11.0 Å². The molecule has 0 aliphatic carbocycles. The van der Waals surface area contributed by atoms with Crippen molar-refractivity contribution in [3.8, 4) is 5.75 Å². The minimum absolute atomic E-state index is 0.671. The third-order valence-electron chi connectivity index (χ3n) is 3.20. The summed E-state index contributed by atoms with van der Waals surface area (Å²) in [4.78, 5) is 7.90. The van der Waals surface area contributed by atoms with Gasteiger partial charge in [-0.05, 0) is 49.2 Å². The minimum Gasteiger partial charge on any atom is -0.493 e. The van der Waals surface area contributed by atoms with Crippen LogP contribution in [0.1, 0.15) is 11.1 Å². The Balaban J connectivity index is 1.54. The fourth-order valence-corrected chi connectivity index (χ4v) is 2.88. The Labute approximate surface area is 128 Å². The number of imidazole rings is 1. The minimum atomic E-state index is 0.671. The van der Waals surface area contributed by atoms with Gasteiger partial charge in [0, 0.05) is 5.75 Å². The number of thioether (sulfide) groups is 1. The highest BCUT2D eigenvalue weighted by atomic mass is 32.2. The molecule has 1 N–H and O–H groups in total. The lowest BCUT2D eigenvalue weighted by atomic mass is 10.2. The van der Waals surface area contributed by atoms with Crippen LogP contribution in [0.2, 0.25) is 0 Å². The summed E-state index contributed by atoms with van der Waals surface area (Å²) < 4.78 is 5.74. The zero-order chi connectivity index (χ0) is 14.7. The van der Waals surface area contributed by atoms with E-state index in [0.29, 0.717) is 6.61 Å². The average molecular weight is 298 g/mol. The monoisotopic (exact) mass is 298 g/mol. The highest BCUT2D eigenvalue weighted by Crippen LogP contribution is 2.20. The molecular formula is C17H18N2OS. The van der Waals surface area contributed by atoms with Crippen LogP contribution in [0.15, 0.2) is 47.6 Å². The molecule has 4 heteroatoms. The van der Waals surface area contributed by atoms with E-state index < -0.39 is 0 Å². The highest BCUT2D eigenvalue weighted by Gasteiger charge is 2.03. The number of hydrogen-bond donors (Lipinski definition) is 1. The molecule has 0 amide bonds. The van der Waals surface area contributed by atoms with Gasteiger partial charge in [-0.3, -0.25) is 0 Å². The Bertz CT molecular complexity index is 751. The van der Waals surface area contributed by atoms with Crippen molar-refractivity contribution in [1.29, 1.82) is 0 Å². The van der Waals surface area contributed by atoms with Crippen molar-refractivity contribution in [2.24, 2.45) is 0 Å². The van der Waals surface area contributed by atoms with Gasteiger partial charge in [-0.15, -0.1) is 0 Å². The number of aryl methyl sites for hydroxylation is 2. The number of aromatic amines is 1. The van der Waals surface area contributed by atoms with E-state index in [1.54, 1.807) is 11.8 Å². The molecule has 0 radical (unpaired) electrons. The van der Waals surface area contributed by atoms with Gasteiger partial charge >= 0.3 is 0 Å². The number of fused-ring (bicyclic) bond motifs is 1. The van der Waals surface area contributed by atoms with Crippen LogP contribution in [-0.2, 0) is 0 Å². The third kappa shape index (κ3) is 3.58. The number of aromatic nitrogens is 2. The lowest BCUT2D eigenvalue weighted by Crippen LogP contribution is -2.00. The van der Waals surface area contributed by atoms with Crippen molar-refractivity contribution in [2.45, 2.75) is 19.0 Å². The van der Waals surface area contributed by atoms with Crippen LogP contribution < -0.4 is 4.74 Å². The molecule has 0 aliphatic heterocycles. The number of nitrogens with zero attached hydrogens (tertiary/aromatic N) is 1. The largest absolute Gasteiger partial charge is 0.493 e. The first-order valence-corrected chi connectivity index (χ1v) is 7.98. The van der Waals surface area contributed by atoms with Gasteiger partial charge in [0.05, 0.1) is 17.6 Å². The molecule has 0 atom stereocenters. The summed E-state index contributed by atoms with van der Waals surface area (Å²) in [7, 11) is 0. The maximum Gasteiger partial charge on any atom is 0.166 e. The Kier molecular flexibility index (Phi) is 4.15. The van der Waals surface area contributed by atoms with Crippen molar-refractivity contribution in [2.75, 3.05) is 12.4 Å². The fourth-order valence-electron chi connectivity index (χ4n) is 2.17. The van der Waals surface area contributed by atoms with Crippen molar-refractivity contribution in [3.63, 3.8) is 0 Å². The topological polar surface area (TPSA) is 37.9 Å². The van der Waals surface area contributed by atoms with E-state index in [9.17, 15) is 0 Å². The van der Waals surface area contributed by atoms with E-state index in [1.165, 1.54) is 11.1 Å². The summed E-state index contributed by atoms with van der Waals surface area (Å²) in [5.74, 6) is 1.79. The average Bonchev–Trinajstić information content (AvgIpc) is 2.85. The Hall–Kier alpha value is -1.94. The molecule has 108 valence electrons. The van der Waals surface area contributed by atoms with Crippen molar-refractivity contribution in [3.05, 3.63) is 53.6 Å². The number of hydrogen-bond acceptors (Lipinski definition) is 3. The number of H-pyrrole nitrogens is 1. The predicted octanol–water partition coefficient (Wildman–Crippen LogP) is 4.35. The molecule has 0 aliphatic rings. The molecule has 0 fully saturated rings.